The molecule has 0 saturated heterocycles. The van der Waals surface area contributed by atoms with Gasteiger partial charge in [0.1, 0.15) is 10.7 Å². The molecular formula is C22H20ClF3N4. The minimum atomic E-state index is -4.58. The molecule has 0 radical (unpaired) electrons. The van der Waals surface area contributed by atoms with Crippen molar-refractivity contribution < 1.29 is 13.2 Å². The van der Waals surface area contributed by atoms with E-state index in [1.165, 1.54) is 11.1 Å². The highest BCUT2D eigenvalue weighted by Gasteiger charge is 2.34. The summed E-state index contributed by atoms with van der Waals surface area (Å²) in [5.74, 6) is 0.0195. The van der Waals surface area contributed by atoms with Crippen molar-refractivity contribution in [3.63, 3.8) is 0 Å². The van der Waals surface area contributed by atoms with Crippen molar-refractivity contribution in [1.82, 2.24) is 14.9 Å². The maximum Gasteiger partial charge on any atom is 0.420 e. The Labute approximate surface area is 177 Å². The molecule has 1 N–H and O–H groups in total. The van der Waals surface area contributed by atoms with E-state index in [4.69, 9.17) is 11.6 Å². The fourth-order valence-corrected chi connectivity index (χ4v) is 3.80. The van der Waals surface area contributed by atoms with Crippen LogP contribution < -0.4 is 5.32 Å². The Morgan fingerprint density at radius 1 is 0.967 bits per heavy atom. The highest BCUT2D eigenvalue weighted by atomic mass is 35.5. The second kappa shape index (κ2) is 8.62. The lowest BCUT2D eigenvalue weighted by Crippen LogP contribution is -2.25. The van der Waals surface area contributed by atoms with Crippen molar-refractivity contribution in [2.45, 2.75) is 25.6 Å². The van der Waals surface area contributed by atoms with E-state index in [1.807, 2.05) is 24.3 Å². The van der Waals surface area contributed by atoms with E-state index in [0.29, 0.717) is 11.9 Å². The fourth-order valence-electron chi connectivity index (χ4n) is 3.56. The van der Waals surface area contributed by atoms with Crippen molar-refractivity contribution >= 4 is 23.2 Å². The lowest BCUT2D eigenvalue weighted by atomic mass is 10.0. The number of alkyl halides is 3. The molecule has 0 atom stereocenters. The van der Waals surface area contributed by atoms with Gasteiger partial charge in [0.2, 0.25) is 5.95 Å². The molecular weight excluding hydrogens is 413 g/mol. The first-order valence-electron chi connectivity index (χ1n) is 9.63. The number of fused-ring (bicyclic) bond motifs is 1. The van der Waals surface area contributed by atoms with Gasteiger partial charge in [-0.05, 0) is 41.7 Å². The van der Waals surface area contributed by atoms with Gasteiger partial charge in [-0.2, -0.15) is 13.2 Å². The van der Waals surface area contributed by atoms with Crippen LogP contribution in [0.3, 0.4) is 0 Å². The maximum absolute atomic E-state index is 12.8. The van der Waals surface area contributed by atoms with Gasteiger partial charge in [0, 0.05) is 31.5 Å². The number of aromatic nitrogens is 2. The molecule has 0 spiro atoms. The Bertz CT molecular complexity index is 995. The molecule has 2 heterocycles. The minimum Gasteiger partial charge on any atom is -0.324 e. The highest BCUT2D eigenvalue weighted by molar-refractivity contribution is 6.30. The zero-order valence-corrected chi connectivity index (χ0v) is 16.8. The number of halogens is 4. The molecule has 0 amide bonds. The Hall–Kier alpha value is -2.64. The fraction of sp³-hybridized carbons (Fsp3) is 0.273. The average molecular weight is 433 g/mol. The molecule has 0 bridgehead atoms. The molecule has 0 fully saturated rings. The van der Waals surface area contributed by atoms with Gasteiger partial charge < -0.3 is 5.32 Å². The van der Waals surface area contributed by atoms with E-state index in [0.717, 1.165) is 38.0 Å². The van der Waals surface area contributed by atoms with E-state index in [1.54, 1.807) is 0 Å². The average Bonchev–Trinajstić information content (AvgIpc) is 2.91. The summed E-state index contributed by atoms with van der Waals surface area (Å²) in [5, 5.41) is 2.26. The molecule has 8 heteroatoms. The smallest absolute Gasteiger partial charge is 0.324 e. The Morgan fingerprint density at radius 3 is 2.17 bits per heavy atom. The maximum atomic E-state index is 12.8. The second-order valence-electron chi connectivity index (χ2n) is 7.26. The third-order valence-corrected chi connectivity index (χ3v) is 5.47. The van der Waals surface area contributed by atoms with E-state index in [-0.39, 0.29) is 5.95 Å². The third-order valence-electron chi connectivity index (χ3n) is 5.18. The summed E-state index contributed by atoms with van der Waals surface area (Å²) in [7, 11) is 0. The normalized spacial score (nSPS) is 14.8. The van der Waals surface area contributed by atoms with Gasteiger partial charge in [0.15, 0.2) is 0 Å². The van der Waals surface area contributed by atoms with Gasteiger partial charge in [0.05, 0.1) is 0 Å². The van der Waals surface area contributed by atoms with Crippen LogP contribution in [-0.4, -0.2) is 28.0 Å². The first-order valence-corrected chi connectivity index (χ1v) is 10.0. The summed E-state index contributed by atoms with van der Waals surface area (Å²) >= 11 is 5.64. The largest absolute Gasteiger partial charge is 0.420 e. The third kappa shape index (κ3) is 4.91. The van der Waals surface area contributed by atoms with Gasteiger partial charge in [0.25, 0.3) is 0 Å². The Morgan fingerprint density at radius 2 is 1.60 bits per heavy atom. The summed E-state index contributed by atoms with van der Waals surface area (Å²) in [5.41, 5.74) is 3.64. The molecule has 4 rings (SSSR count). The van der Waals surface area contributed by atoms with Gasteiger partial charge >= 0.3 is 6.18 Å². The predicted molar refractivity (Wildman–Crippen MR) is 111 cm³/mol. The molecule has 0 saturated carbocycles. The molecule has 156 valence electrons. The van der Waals surface area contributed by atoms with Crippen LogP contribution in [0.15, 0.2) is 54.7 Å². The number of nitrogens with zero attached hydrogens (tertiary/aromatic N) is 3. The minimum absolute atomic E-state index is 0.0195. The zero-order chi connectivity index (χ0) is 21.1. The van der Waals surface area contributed by atoms with Crippen LogP contribution in [0, 0.1) is 0 Å². The second-order valence-corrected chi connectivity index (χ2v) is 7.62. The van der Waals surface area contributed by atoms with E-state index in [2.05, 4.69) is 44.5 Å². The summed E-state index contributed by atoms with van der Waals surface area (Å²) in [6, 6.07) is 16.3. The van der Waals surface area contributed by atoms with Gasteiger partial charge in [-0.3, -0.25) is 4.90 Å². The van der Waals surface area contributed by atoms with Gasteiger partial charge in [-0.1, -0.05) is 48.0 Å². The summed E-state index contributed by atoms with van der Waals surface area (Å²) in [6.07, 6.45) is -1.81. The van der Waals surface area contributed by atoms with Crippen LogP contribution in [0.25, 0.3) is 0 Å². The highest BCUT2D eigenvalue weighted by Crippen LogP contribution is 2.33. The quantitative estimate of drug-likeness (QED) is 0.553. The van der Waals surface area contributed by atoms with Crippen molar-refractivity contribution in [3.8, 4) is 0 Å². The molecule has 4 nitrogen and oxygen atoms in total. The molecule has 30 heavy (non-hydrogen) atoms. The first kappa shape index (κ1) is 20.6. The Balaban J connectivity index is 1.37. The summed E-state index contributed by atoms with van der Waals surface area (Å²) in [6.45, 7) is 2.86. The lowest BCUT2D eigenvalue weighted by Gasteiger charge is -2.20. The van der Waals surface area contributed by atoms with Crippen LogP contribution in [0.4, 0.5) is 24.8 Å². The lowest BCUT2D eigenvalue weighted by molar-refractivity contribution is -0.137. The van der Waals surface area contributed by atoms with Crippen LogP contribution >= 0.6 is 11.6 Å². The predicted octanol–water partition coefficient (Wildman–Crippen LogP) is 5.49. The number of rotatable bonds is 4. The molecule has 3 aromatic rings. The van der Waals surface area contributed by atoms with Gasteiger partial charge in [-0.25, -0.2) is 9.97 Å². The van der Waals surface area contributed by atoms with Crippen LogP contribution in [0.5, 0.6) is 0 Å². The van der Waals surface area contributed by atoms with E-state index in [9.17, 15) is 13.2 Å². The number of benzene rings is 2. The van der Waals surface area contributed by atoms with Crippen molar-refractivity contribution in [1.29, 1.82) is 0 Å². The molecule has 1 aromatic heterocycles. The molecule has 0 unspecified atom stereocenters. The topological polar surface area (TPSA) is 41.1 Å². The molecule has 1 aliphatic rings. The monoisotopic (exact) mass is 432 g/mol. The molecule has 0 aliphatic carbocycles. The van der Waals surface area contributed by atoms with Crippen molar-refractivity contribution in [2.75, 3.05) is 18.4 Å². The zero-order valence-electron chi connectivity index (χ0n) is 16.1. The van der Waals surface area contributed by atoms with Crippen molar-refractivity contribution in [2.24, 2.45) is 0 Å². The number of hydrogen-bond donors (Lipinski definition) is 1. The standard InChI is InChI=1S/C22H20ClF3N4/c23-20-19(22(24,25)26)13-27-21(29-20)28-18-7-5-15(6-8-18)14-30-11-9-16-3-1-2-4-17(16)10-12-30/h1-8,13H,9-12,14H2,(H,27,28,29). The molecule has 2 aromatic carbocycles. The van der Waals surface area contributed by atoms with Crippen LogP contribution in [0.2, 0.25) is 5.15 Å². The van der Waals surface area contributed by atoms with Crippen LogP contribution in [-0.2, 0) is 25.6 Å². The Kier molecular flexibility index (Phi) is 5.92. The van der Waals surface area contributed by atoms with Gasteiger partial charge in [-0.15, -0.1) is 0 Å². The van der Waals surface area contributed by atoms with Crippen molar-refractivity contribution in [3.05, 3.63) is 82.1 Å². The SMILES string of the molecule is FC(F)(F)c1cnc(Nc2ccc(CN3CCc4ccccc4CC3)cc2)nc1Cl. The number of hydrogen-bond acceptors (Lipinski definition) is 4. The number of nitrogens with one attached hydrogen (secondary N) is 1. The summed E-state index contributed by atoms with van der Waals surface area (Å²) < 4.78 is 38.3. The van der Waals surface area contributed by atoms with Crippen LogP contribution in [0.1, 0.15) is 22.3 Å². The molecule has 1 aliphatic heterocycles. The number of anilines is 2. The van der Waals surface area contributed by atoms with E-state index < -0.39 is 16.9 Å². The summed E-state index contributed by atoms with van der Waals surface area (Å²) in [4.78, 5) is 9.84. The van der Waals surface area contributed by atoms with E-state index >= 15 is 0 Å². The first-order chi connectivity index (χ1) is 14.4.